The van der Waals surface area contributed by atoms with E-state index in [-0.39, 0.29) is 11.9 Å². The van der Waals surface area contributed by atoms with Crippen LogP contribution >= 0.6 is 0 Å². The van der Waals surface area contributed by atoms with Crippen LogP contribution in [0.25, 0.3) is 0 Å². The van der Waals surface area contributed by atoms with E-state index in [4.69, 9.17) is 14.2 Å². The van der Waals surface area contributed by atoms with Gasteiger partial charge in [-0.3, -0.25) is 4.79 Å². The molecule has 1 amide bonds. The van der Waals surface area contributed by atoms with Crippen molar-refractivity contribution in [2.45, 2.75) is 31.9 Å². The number of hydrogen-bond donors (Lipinski definition) is 1. The Morgan fingerprint density at radius 1 is 1.24 bits per heavy atom. The van der Waals surface area contributed by atoms with Crippen molar-refractivity contribution < 1.29 is 23.8 Å². The van der Waals surface area contributed by atoms with Gasteiger partial charge in [0, 0.05) is 6.04 Å². The number of ether oxygens (including phenoxy) is 3. The van der Waals surface area contributed by atoms with E-state index < -0.39 is 12.1 Å². The Morgan fingerprint density at radius 2 is 1.95 bits per heavy atom. The second-order valence-electron chi connectivity index (χ2n) is 5.19. The predicted molar refractivity (Wildman–Crippen MR) is 73.5 cm³/mol. The van der Waals surface area contributed by atoms with Crippen molar-refractivity contribution >= 4 is 11.9 Å². The molecule has 1 aliphatic carbocycles. The van der Waals surface area contributed by atoms with E-state index in [1.807, 2.05) is 0 Å². The molecule has 1 heterocycles. The zero-order valence-corrected chi connectivity index (χ0v) is 11.8. The summed E-state index contributed by atoms with van der Waals surface area (Å²) in [6.07, 6.45) is 1.18. The van der Waals surface area contributed by atoms with Crippen molar-refractivity contribution in [2.75, 3.05) is 13.2 Å². The predicted octanol–water partition coefficient (Wildman–Crippen LogP) is 1.28. The number of hydrogen-bond acceptors (Lipinski definition) is 5. The van der Waals surface area contributed by atoms with E-state index in [1.165, 1.54) is 0 Å². The standard InChI is InChI=1S/C15H17NO5/c1-9(14(17)16-11-3-4-11)21-15(18)10-2-5-12-13(8-10)20-7-6-19-12/h2,5,8-9,11H,3-4,6-7H2,1H3,(H,16,17)/t9-/m1/s1. The van der Waals surface area contributed by atoms with Crippen molar-refractivity contribution in [1.82, 2.24) is 5.32 Å². The average Bonchev–Trinajstić information content (AvgIpc) is 3.30. The molecule has 112 valence electrons. The summed E-state index contributed by atoms with van der Waals surface area (Å²) < 4.78 is 16.0. The molecule has 1 aromatic carbocycles. The van der Waals surface area contributed by atoms with Crippen LogP contribution in [0.15, 0.2) is 18.2 Å². The minimum absolute atomic E-state index is 0.243. The lowest BCUT2D eigenvalue weighted by molar-refractivity contribution is -0.129. The number of carbonyl (C=O) groups is 2. The number of nitrogens with one attached hydrogen (secondary N) is 1. The van der Waals surface area contributed by atoms with Crippen LogP contribution in [-0.2, 0) is 9.53 Å². The second kappa shape index (κ2) is 5.63. The number of esters is 1. The van der Waals surface area contributed by atoms with E-state index in [0.29, 0.717) is 30.3 Å². The molecule has 0 spiro atoms. The molecule has 0 saturated heterocycles. The Bertz CT molecular complexity index is 567. The van der Waals surface area contributed by atoms with Crippen LogP contribution < -0.4 is 14.8 Å². The van der Waals surface area contributed by atoms with Gasteiger partial charge >= 0.3 is 5.97 Å². The lowest BCUT2D eigenvalue weighted by Gasteiger charge is -2.19. The maximum atomic E-state index is 12.0. The van der Waals surface area contributed by atoms with Crippen molar-refractivity contribution in [3.8, 4) is 11.5 Å². The minimum Gasteiger partial charge on any atom is -0.486 e. The summed E-state index contributed by atoms with van der Waals surface area (Å²) in [5.74, 6) is 0.317. The first-order valence-electron chi connectivity index (χ1n) is 7.04. The number of rotatable bonds is 4. The van der Waals surface area contributed by atoms with Gasteiger partial charge in [0.2, 0.25) is 0 Å². The van der Waals surface area contributed by atoms with Gasteiger partial charge in [0.15, 0.2) is 17.6 Å². The molecule has 1 fully saturated rings. The maximum absolute atomic E-state index is 12.0. The van der Waals surface area contributed by atoms with Crippen LogP contribution in [0.1, 0.15) is 30.1 Å². The first-order valence-corrected chi connectivity index (χ1v) is 7.04. The Morgan fingerprint density at radius 3 is 2.67 bits per heavy atom. The highest BCUT2D eigenvalue weighted by atomic mass is 16.6. The van der Waals surface area contributed by atoms with Crippen LogP contribution in [0.5, 0.6) is 11.5 Å². The highest BCUT2D eigenvalue weighted by Crippen LogP contribution is 2.31. The second-order valence-corrected chi connectivity index (χ2v) is 5.19. The van der Waals surface area contributed by atoms with Crippen LogP contribution in [0.2, 0.25) is 0 Å². The Kier molecular flexibility index (Phi) is 3.68. The van der Waals surface area contributed by atoms with E-state index in [9.17, 15) is 9.59 Å². The van der Waals surface area contributed by atoms with E-state index in [0.717, 1.165) is 12.8 Å². The summed E-state index contributed by atoms with van der Waals surface area (Å²) in [6.45, 7) is 2.51. The molecule has 21 heavy (non-hydrogen) atoms. The quantitative estimate of drug-likeness (QED) is 0.846. The number of amides is 1. The fourth-order valence-corrected chi connectivity index (χ4v) is 2.00. The van der Waals surface area contributed by atoms with Crippen LogP contribution in [0.3, 0.4) is 0 Å². The fourth-order valence-electron chi connectivity index (χ4n) is 2.00. The molecule has 1 atom stereocenters. The SMILES string of the molecule is C[C@@H](OC(=O)c1ccc2c(c1)OCCO2)C(=O)NC1CC1. The molecule has 0 unspecified atom stereocenters. The fraction of sp³-hybridized carbons (Fsp3) is 0.467. The van der Waals surface area contributed by atoms with Gasteiger partial charge in [-0.05, 0) is 38.0 Å². The lowest BCUT2D eigenvalue weighted by Crippen LogP contribution is -2.37. The van der Waals surface area contributed by atoms with E-state index in [1.54, 1.807) is 25.1 Å². The normalized spacial score (nSPS) is 17.8. The van der Waals surface area contributed by atoms with Gasteiger partial charge in [0.1, 0.15) is 13.2 Å². The number of carbonyl (C=O) groups excluding carboxylic acids is 2. The molecule has 0 aromatic heterocycles. The molecule has 1 aliphatic heterocycles. The minimum atomic E-state index is -0.814. The summed E-state index contributed by atoms with van der Waals surface area (Å²) in [5.41, 5.74) is 0.338. The monoisotopic (exact) mass is 291 g/mol. The molecule has 0 radical (unpaired) electrons. The molecule has 6 nitrogen and oxygen atoms in total. The molecule has 0 bridgehead atoms. The molecule has 1 saturated carbocycles. The summed E-state index contributed by atoms with van der Waals surface area (Å²) in [7, 11) is 0. The Balaban J connectivity index is 1.62. The summed E-state index contributed by atoms with van der Waals surface area (Å²) in [4.78, 5) is 23.8. The van der Waals surface area contributed by atoms with Gasteiger partial charge in [-0.25, -0.2) is 4.79 Å². The average molecular weight is 291 g/mol. The van der Waals surface area contributed by atoms with Crippen molar-refractivity contribution in [3.05, 3.63) is 23.8 Å². The molecule has 1 aromatic rings. The molecular weight excluding hydrogens is 274 g/mol. The van der Waals surface area contributed by atoms with Gasteiger partial charge in [-0.1, -0.05) is 0 Å². The molecular formula is C15H17NO5. The molecule has 2 aliphatic rings. The maximum Gasteiger partial charge on any atom is 0.339 e. The Labute approximate surface area is 122 Å². The van der Waals surface area contributed by atoms with Gasteiger partial charge in [-0.15, -0.1) is 0 Å². The van der Waals surface area contributed by atoms with Crippen molar-refractivity contribution in [2.24, 2.45) is 0 Å². The van der Waals surface area contributed by atoms with Crippen LogP contribution in [-0.4, -0.2) is 37.2 Å². The van der Waals surface area contributed by atoms with Gasteiger partial charge < -0.3 is 19.5 Å². The van der Waals surface area contributed by atoms with Crippen LogP contribution in [0, 0.1) is 0 Å². The third-order valence-electron chi connectivity index (χ3n) is 3.35. The highest BCUT2D eigenvalue weighted by molar-refractivity contribution is 5.93. The summed E-state index contributed by atoms with van der Waals surface area (Å²) in [5, 5.41) is 2.80. The summed E-state index contributed by atoms with van der Waals surface area (Å²) in [6, 6.07) is 5.08. The highest BCUT2D eigenvalue weighted by Gasteiger charge is 2.27. The van der Waals surface area contributed by atoms with Crippen LogP contribution in [0.4, 0.5) is 0 Å². The largest absolute Gasteiger partial charge is 0.486 e. The first-order chi connectivity index (χ1) is 10.1. The zero-order chi connectivity index (χ0) is 14.8. The molecule has 6 heteroatoms. The smallest absolute Gasteiger partial charge is 0.339 e. The molecule has 3 rings (SSSR count). The van der Waals surface area contributed by atoms with Gasteiger partial charge in [0.05, 0.1) is 5.56 Å². The lowest BCUT2D eigenvalue weighted by atomic mass is 10.2. The Hall–Kier alpha value is -2.24. The van der Waals surface area contributed by atoms with Gasteiger partial charge in [0.25, 0.3) is 5.91 Å². The van der Waals surface area contributed by atoms with Crippen molar-refractivity contribution in [3.63, 3.8) is 0 Å². The van der Waals surface area contributed by atoms with E-state index in [2.05, 4.69) is 5.32 Å². The van der Waals surface area contributed by atoms with E-state index >= 15 is 0 Å². The zero-order valence-electron chi connectivity index (χ0n) is 11.8. The molecule has 1 N–H and O–H groups in total. The third kappa shape index (κ3) is 3.26. The first kappa shape index (κ1) is 13.7. The summed E-state index contributed by atoms with van der Waals surface area (Å²) >= 11 is 0. The number of benzene rings is 1. The number of fused-ring (bicyclic) bond motifs is 1. The third-order valence-corrected chi connectivity index (χ3v) is 3.35. The topological polar surface area (TPSA) is 73.9 Å². The van der Waals surface area contributed by atoms with Crippen molar-refractivity contribution in [1.29, 1.82) is 0 Å². The van der Waals surface area contributed by atoms with Gasteiger partial charge in [-0.2, -0.15) is 0 Å².